The molecule has 1 rings (SSSR count). The van der Waals surface area contributed by atoms with E-state index < -0.39 is 23.7 Å². The zero-order chi connectivity index (χ0) is 18.1. The Bertz CT molecular complexity index is 531. The molecule has 23 heavy (non-hydrogen) atoms. The fourth-order valence-corrected chi connectivity index (χ4v) is 2.24. The van der Waals surface area contributed by atoms with E-state index >= 15 is 0 Å². The van der Waals surface area contributed by atoms with E-state index in [0.717, 1.165) is 5.47 Å². The molecule has 0 unspecified atom stereocenters. The molecule has 0 radical (unpaired) electrons. The van der Waals surface area contributed by atoms with E-state index in [0.29, 0.717) is 5.71 Å². The second kappa shape index (κ2) is 6.61. The Hall–Kier alpha value is -1.40. The van der Waals surface area contributed by atoms with Gasteiger partial charge in [-0.15, -0.1) is 0 Å². The van der Waals surface area contributed by atoms with E-state index in [-0.39, 0.29) is 5.97 Å². The van der Waals surface area contributed by atoms with Crippen molar-refractivity contribution in [3.8, 4) is 0 Å². The first kappa shape index (κ1) is 19.7. The van der Waals surface area contributed by atoms with Crippen LogP contribution in [0.2, 0.25) is 0 Å². The van der Waals surface area contributed by atoms with Crippen LogP contribution < -0.4 is 0 Å². The van der Waals surface area contributed by atoms with Crippen LogP contribution in [0.5, 0.6) is 0 Å². The van der Waals surface area contributed by atoms with Gasteiger partial charge in [-0.05, 0) is 53.1 Å². The number of aliphatic imine (C=N–C) groups is 1. The summed E-state index contributed by atoms with van der Waals surface area (Å²) in [6.07, 6.45) is 3.45. The molecule has 0 aliphatic carbocycles. The van der Waals surface area contributed by atoms with Crippen LogP contribution in [0.3, 0.4) is 0 Å². The standard InChI is InChI=1S/C17H28BNO4/c1-10-12(18-22-16(4,5)17(6,7)23-18)11-13(19-8)15(2,3)14(20)21-9/h10-11H,1H2,2-9H3/b12-11+,19-13?. The van der Waals surface area contributed by atoms with Crippen molar-refractivity contribution in [1.82, 2.24) is 0 Å². The minimum Gasteiger partial charge on any atom is -0.468 e. The van der Waals surface area contributed by atoms with Gasteiger partial charge in [-0.3, -0.25) is 9.79 Å². The number of hydrogen-bond acceptors (Lipinski definition) is 5. The van der Waals surface area contributed by atoms with Gasteiger partial charge in [-0.25, -0.2) is 0 Å². The predicted octanol–water partition coefficient (Wildman–Crippen LogP) is 3.00. The first-order valence-corrected chi connectivity index (χ1v) is 7.68. The molecular formula is C17H28BNO4. The number of esters is 1. The maximum atomic E-state index is 12.0. The van der Waals surface area contributed by atoms with Gasteiger partial charge in [-0.1, -0.05) is 12.7 Å². The number of rotatable bonds is 5. The summed E-state index contributed by atoms with van der Waals surface area (Å²) in [5.41, 5.74) is -0.459. The fraction of sp³-hybridized carbons (Fsp3) is 0.647. The van der Waals surface area contributed by atoms with E-state index in [1.165, 1.54) is 7.11 Å². The summed E-state index contributed by atoms with van der Waals surface area (Å²) in [5.74, 6) is -0.355. The highest BCUT2D eigenvalue weighted by atomic mass is 16.7. The number of methoxy groups -OCH3 is 1. The van der Waals surface area contributed by atoms with Crippen LogP contribution in [0.1, 0.15) is 41.5 Å². The Labute approximate surface area is 139 Å². The van der Waals surface area contributed by atoms with Crippen LogP contribution >= 0.6 is 0 Å². The monoisotopic (exact) mass is 321 g/mol. The topological polar surface area (TPSA) is 57.1 Å². The normalized spacial score (nSPS) is 21.3. The van der Waals surface area contributed by atoms with Crippen LogP contribution in [0.4, 0.5) is 0 Å². The Morgan fingerprint density at radius 3 is 2.04 bits per heavy atom. The van der Waals surface area contributed by atoms with Gasteiger partial charge >= 0.3 is 13.1 Å². The lowest BCUT2D eigenvalue weighted by molar-refractivity contribution is -0.146. The first-order valence-electron chi connectivity index (χ1n) is 7.68. The molecular weight excluding hydrogens is 293 g/mol. The molecule has 6 heteroatoms. The Kier molecular flexibility index (Phi) is 5.65. The highest BCUT2D eigenvalue weighted by molar-refractivity contribution is 6.56. The maximum Gasteiger partial charge on any atom is 0.494 e. The van der Waals surface area contributed by atoms with Gasteiger partial charge in [0.15, 0.2) is 0 Å². The maximum absolute atomic E-state index is 12.0. The molecule has 0 aromatic rings. The average Bonchev–Trinajstić information content (AvgIpc) is 2.67. The third-order valence-corrected chi connectivity index (χ3v) is 4.64. The number of allylic oxidation sites excluding steroid dienone is 3. The molecule has 0 aromatic carbocycles. The highest BCUT2D eigenvalue weighted by Crippen LogP contribution is 2.39. The molecule has 1 saturated heterocycles. The Balaban J connectivity index is 3.18. The van der Waals surface area contributed by atoms with Gasteiger partial charge in [0.1, 0.15) is 5.41 Å². The van der Waals surface area contributed by atoms with Gasteiger partial charge < -0.3 is 14.0 Å². The number of hydrogen-bond donors (Lipinski definition) is 0. The minimum absolute atomic E-state index is 0.355. The zero-order valence-electron chi connectivity index (χ0n) is 15.5. The van der Waals surface area contributed by atoms with Crippen LogP contribution in [-0.2, 0) is 18.8 Å². The lowest BCUT2D eigenvalue weighted by Gasteiger charge is -2.32. The molecule has 0 aromatic heterocycles. The third-order valence-electron chi connectivity index (χ3n) is 4.64. The number of ether oxygens (including phenoxy) is 1. The Morgan fingerprint density at radius 2 is 1.70 bits per heavy atom. The second-order valence-corrected chi connectivity index (χ2v) is 7.16. The van der Waals surface area contributed by atoms with Crippen molar-refractivity contribution in [3.05, 3.63) is 24.2 Å². The third kappa shape index (κ3) is 3.75. The van der Waals surface area contributed by atoms with Gasteiger partial charge in [-0.2, -0.15) is 0 Å². The first-order chi connectivity index (χ1) is 10.4. The Morgan fingerprint density at radius 1 is 1.22 bits per heavy atom. The van der Waals surface area contributed by atoms with Crippen LogP contribution in [0, 0.1) is 5.41 Å². The van der Waals surface area contributed by atoms with Crippen molar-refractivity contribution in [3.63, 3.8) is 0 Å². The summed E-state index contributed by atoms with van der Waals surface area (Å²) < 4.78 is 16.9. The summed E-state index contributed by atoms with van der Waals surface area (Å²) in [5, 5.41) is 0. The molecule has 1 fully saturated rings. The summed E-state index contributed by atoms with van der Waals surface area (Å²) >= 11 is 0. The largest absolute Gasteiger partial charge is 0.494 e. The molecule has 0 spiro atoms. The number of carbonyl (C=O) groups excluding carboxylic acids is 1. The number of nitrogens with zero attached hydrogens (tertiary/aromatic N) is 1. The molecule has 0 bridgehead atoms. The highest BCUT2D eigenvalue weighted by Gasteiger charge is 2.52. The van der Waals surface area contributed by atoms with Crippen molar-refractivity contribution in [2.24, 2.45) is 10.4 Å². The van der Waals surface area contributed by atoms with Crippen molar-refractivity contribution >= 4 is 18.8 Å². The van der Waals surface area contributed by atoms with Crippen LogP contribution in [0.25, 0.3) is 0 Å². The number of carbonyl (C=O) groups is 1. The lowest BCUT2D eigenvalue weighted by Crippen LogP contribution is -2.41. The van der Waals surface area contributed by atoms with E-state index in [9.17, 15) is 4.79 Å². The quantitative estimate of drug-likeness (QED) is 0.338. The SMILES string of the molecule is C=C/C(=C\C(=NC)C(C)(C)C(=O)OC)B1OC(C)(C)C(C)(C)O1. The van der Waals surface area contributed by atoms with Gasteiger partial charge in [0.05, 0.1) is 24.0 Å². The summed E-state index contributed by atoms with van der Waals surface area (Å²) in [4.78, 5) is 16.3. The van der Waals surface area contributed by atoms with Gasteiger partial charge in [0, 0.05) is 7.05 Å². The molecule has 1 aliphatic rings. The van der Waals surface area contributed by atoms with Crippen molar-refractivity contribution in [2.75, 3.05) is 14.2 Å². The lowest BCUT2D eigenvalue weighted by atomic mass is 9.75. The van der Waals surface area contributed by atoms with E-state index in [4.69, 9.17) is 14.0 Å². The zero-order valence-corrected chi connectivity index (χ0v) is 15.5. The van der Waals surface area contributed by atoms with Crippen LogP contribution in [-0.4, -0.2) is 44.2 Å². The molecule has 0 atom stereocenters. The molecule has 1 aliphatic heterocycles. The molecule has 0 amide bonds. The summed E-state index contributed by atoms with van der Waals surface area (Å²) in [6, 6.07) is 0. The molecule has 0 N–H and O–H groups in total. The van der Waals surface area contributed by atoms with E-state index in [1.54, 1.807) is 33.0 Å². The van der Waals surface area contributed by atoms with Crippen molar-refractivity contribution in [2.45, 2.75) is 52.7 Å². The molecule has 1 heterocycles. The van der Waals surface area contributed by atoms with E-state index in [2.05, 4.69) is 11.6 Å². The predicted molar refractivity (Wildman–Crippen MR) is 93.5 cm³/mol. The molecule has 0 saturated carbocycles. The van der Waals surface area contributed by atoms with Crippen molar-refractivity contribution in [1.29, 1.82) is 0 Å². The fourth-order valence-electron chi connectivity index (χ4n) is 2.24. The summed E-state index contributed by atoms with van der Waals surface area (Å²) in [7, 11) is 2.45. The minimum atomic E-state index is -0.874. The molecule has 128 valence electrons. The molecule has 5 nitrogen and oxygen atoms in total. The smallest absolute Gasteiger partial charge is 0.468 e. The second-order valence-electron chi connectivity index (χ2n) is 7.16. The summed E-state index contributed by atoms with van der Waals surface area (Å²) in [6.45, 7) is 15.3. The van der Waals surface area contributed by atoms with Crippen LogP contribution in [0.15, 0.2) is 29.2 Å². The average molecular weight is 321 g/mol. The van der Waals surface area contributed by atoms with E-state index in [1.807, 2.05) is 27.7 Å². The van der Waals surface area contributed by atoms with Gasteiger partial charge in [0.2, 0.25) is 0 Å². The van der Waals surface area contributed by atoms with Crippen molar-refractivity contribution < 1.29 is 18.8 Å². The van der Waals surface area contributed by atoms with Gasteiger partial charge in [0.25, 0.3) is 0 Å².